The fourth-order valence-corrected chi connectivity index (χ4v) is 4.31. The quantitative estimate of drug-likeness (QED) is 0.714. The lowest BCUT2D eigenvalue weighted by molar-refractivity contribution is -0.136. The van der Waals surface area contributed by atoms with E-state index in [0.717, 1.165) is 30.6 Å². The Bertz CT molecular complexity index is 821. The molecule has 2 N–H and O–H groups in total. The van der Waals surface area contributed by atoms with Crippen LogP contribution < -0.4 is 20.1 Å². The van der Waals surface area contributed by atoms with E-state index in [1.165, 1.54) is 0 Å². The number of imide groups is 1. The highest BCUT2D eigenvalue weighted by atomic mass is 16.6. The largest absolute Gasteiger partial charge is 0.486 e. The number of rotatable bonds is 6. The minimum Gasteiger partial charge on any atom is -0.486 e. The first-order valence-corrected chi connectivity index (χ1v) is 9.87. The molecule has 148 valence electrons. The predicted molar refractivity (Wildman–Crippen MR) is 97.8 cm³/mol. The van der Waals surface area contributed by atoms with E-state index in [9.17, 15) is 14.4 Å². The number of ether oxygens (including phenoxy) is 2. The molecule has 0 bridgehead atoms. The molecule has 28 heavy (non-hydrogen) atoms. The van der Waals surface area contributed by atoms with Crippen LogP contribution in [0.4, 0.5) is 4.79 Å². The van der Waals surface area contributed by atoms with E-state index in [1.54, 1.807) is 0 Å². The van der Waals surface area contributed by atoms with Crippen LogP contribution in [0.5, 0.6) is 11.5 Å². The number of urea groups is 1. The van der Waals surface area contributed by atoms with E-state index in [-0.39, 0.29) is 42.8 Å². The van der Waals surface area contributed by atoms with Gasteiger partial charge in [-0.25, -0.2) is 4.79 Å². The zero-order chi connectivity index (χ0) is 19.3. The molecule has 2 aliphatic heterocycles. The monoisotopic (exact) mass is 385 g/mol. The molecule has 2 aliphatic carbocycles. The summed E-state index contributed by atoms with van der Waals surface area (Å²) in [5, 5.41) is 5.68. The van der Waals surface area contributed by atoms with Gasteiger partial charge >= 0.3 is 6.03 Å². The van der Waals surface area contributed by atoms with Crippen LogP contribution in [0.1, 0.15) is 25.7 Å². The first-order chi connectivity index (χ1) is 13.6. The third kappa shape index (κ3) is 2.87. The average Bonchev–Trinajstić information content (AvgIpc) is 3.61. The molecule has 8 heteroatoms. The van der Waals surface area contributed by atoms with Crippen LogP contribution in [0.15, 0.2) is 24.3 Å². The molecule has 0 spiro atoms. The molecular formula is C20H23N3O5. The first-order valence-electron chi connectivity index (χ1n) is 9.87. The van der Waals surface area contributed by atoms with Gasteiger partial charge in [-0.05, 0) is 49.7 Å². The number of benzene rings is 1. The molecule has 2 heterocycles. The van der Waals surface area contributed by atoms with Crippen LogP contribution in [0.3, 0.4) is 0 Å². The zero-order valence-corrected chi connectivity index (χ0v) is 15.5. The summed E-state index contributed by atoms with van der Waals surface area (Å²) in [5.74, 6) is 1.15. The Morgan fingerprint density at radius 3 is 2.50 bits per heavy atom. The number of amides is 4. The normalized spacial score (nSPS) is 25.4. The summed E-state index contributed by atoms with van der Waals surface area (Å²) in [6, 6.07) is 6.91. The van der Waals surface area contributed by atoms with Gasteiger partial charge in [-0.1, -0.05) is 12.1 Å². The van der Waals surface area contributed by atoms with Crippen molar-refractivity contribution in [3.63, 3.8) is 0 Å². The molecule has 0 radical (unpaired) electrons. The highest BCUT2D eigenvalue weighted by Crippen LogP contribution is 2.54. The molecule has 4 aliphatic rings. The molecular weight excluding hydrogens is 362 g/mol. The molecule has 4 amide bonds. The van der Waals surface area contributed by atoms with Crippen molar-refractivity contribution < 1.29 is 23.9 Å². The minimum absolute atomic E-state index is 0.220. The van der Waals surface area contributed by atoms with Crippen molar-refractivity contribution in [2.75, 3.05) is 19.7 Å². The molecule has 1 aromatic rings. The summed E-state index contributed by atoms with van der Waals surface area (Å²) < 4.78 is 11.4. The highest BCUT2D eigenvalue weighted by Gasteiger charge is 2.65. The van der Waals surface area contributed by atoms with Crippen molar-refractivity contribution in [2.24, 2.45) is 11.8 Å². The van der Waals surface area contributed by atoms with E-state index < -0.39 is 11.6 Å². The molecule has 1 atom stereocenters. The Morgan fingerprint density at radius 1 is 1.14 bits per heavy atom. The summed E-state index contributed by atoms with van der Waals surface area (Å²) in [5.41, 5.74) is -0.763. The highest BCUT2D eigenvalue weighted by molar-refractivity contribution is 6.09. The Labute approximate surface area is 162 Å². The van der Waals surface area contributed by atoms with Gasteiger partial charge in [-0.3, -0.25) is 14.5 Å². The first kappa shape index (κ1) is 17.3. The topological polar surface area (TPSA) is 97.0 Å². The van der Waals surface area contributed by atoms with Gasteiger partial charge in [0.1, 0.15) is 24.8 Å². The number of nitrogens with one attached hydrogen (secondary N) is 2. The van der Waals surface area contributed by atoms with Crippen molar-refractivity contribution in [3.05, 3.63) is 24.3 Å². The zero-order valence-electron chi connectivity index (χ0n) is 15.5. The SMILES string of the molecule is O=C(CN1C(=O)NC(C2CC2)(C2CC2)C1=O)NCC1COc2ccccc2O1. The molecule has 1 saturated heterocycles. The van der Waals surface area contributed by atoms with Crippen LogP contribution in [-0.4, -0.2) is 54.1 Å². The fourth-order valence-electron chi connectivity index (χ4n) is 4.31. The average molecular weight is 385 g/mol. The number of nitrogens with zero attached hydrogens (tertiary/aromatic N) is 1. The van der Waals surface area contributed by atoms with Gasteiger partial charge in [0.05, 0.1) is 6.54 Å². The van der Waals surface area contributed by atoms with Crippen LogP contribution in [0.25, 0.3) is 0 Å². The summed E-state index contributed by atoms with van der Waals surface area (Å²) in [7, 11) is 0. The maximum Gasteiger partial charge on any atom is 0.325 e. The summed E-state index contributed by atoms with van der Waals surface area (Å²) in [6.45, 7) is 0.302. The molecule has 3 fully saturated rings. The lowest BCUT2D eigenvalue weighted by Gasteiger charge is -2.27. The second kappa shape index (κ2) is 6.39. The maximum atomic E-state index is 13.0. The molecule has 5 rings (SSSR count). The lowest BCUT2D eigenvalue weighted by Crippen LogP contribution is -2.52. The van der Waals surface area contributed by atoms with Gasteiger partial charge in [-0.15, -0.1) is 0 Å². The second-order valence-corrected chi connectivity index (χ2v) is 8.04. The van der Waals surface area contributed by atoms with Crippen LogP contribution in [0, 0.1) is 11.8 Å². The fraction of sp³-hybridized carbons (Fsp3) is 0.550. The van der Waals surface area contributed by atoms with Gasteiger partial charge in [-0.2, -0.15) is 0 Å². The van der Waals surface area contributed by atoms with E-state index >= 15 is 0 Å². The second-order valence-electron chi connectivity index (χ2n) is 8.04. The number of hydrogen-bond acceptors (Lipinski definition) is 5. The summed E-state index contributed by atoms with van der Waals surface area (Å²) in [6.07, 6.45) is 3.53. The van der Waals surface area contributed by atoms with E-state index in [4.69, 9.17) is 9.47 Å². The summed E-state index contributed by atoms with van der Waals surface area (Å²) in [4.78, 5) is 38.9. The number of carbonyl (C=O) groups is 3. The Balaban J connectivity index is 1.17. The van der Waals surface area contributed by atoms with Crippen LogP contribution >= 0.6 is 0 Å². The van der Waals surface area contributed by atoms with Gasteiger partial charge < -0.3 is 20.1 Å². The van der Waals surface area contributed by atoms with Gasteiger partial charge in [0.15, 0.2) is 11.5 Å². The molecule has 8 nitrogen and oxygen atoms in total. The number of hydrogen-bond donors (Lipinski definition) is 2. The van der Waals surface area contributed by atoms with Crippen LogP contribution in [-0.2, 0) is 9.59 Å². The predicted octanol–water partition coefficient (Wildman–Crippen LogP) is 1.05. The van der Waals surface area contributed by atoms with E-state index in [0.29, 0.717) is 18.1 Å². The number of para-hydroxylation sites is 2. The third-order valence-electron chi connectivity index (χ3n) is 6.00. The third-order valence-corrected chi connectivity index (χ3v) is 6.00. The van der Waals surface area contributed by atoms with Gasteiger partial charge in [0, 0.05) is 0 Å². The van der Waals surface area contributed by atoms with Gasteiger partial charge in [0.2, 0.25) is 5.91 Å². The number of carbonyl (C=O) groups excluding carboxylic acids is 3. The van der Waals surface area contributed by atoms with Crippen molar-refractivity contribution in [1.82, 2.24) is 15.5 Å². The molecule has 2 saturated carbocycles. The van der Waals surface area contributed by atoms with Crippen molar-refractivity contribution >= 4 is 17.8 Å². The smallest absolute Gasteiger partial charge is 0.325 e. The molecule has 1 unspecified atom stereocenters. The molecule has 1 aromatic carbocycles. The minimum atomic E-state index is -0.763. The van der Waals surface area contributed by atoms with Crippen LogP contribution in [0.2, 0.25) is 0 Å². The van der Waals surface area contributed by atoms with Gasteiger partial charge in [0.25, 0.3) is 5.91 Å². The van der Waals surface area contributed by atoms with Crippen molar-refractivity contribution in [1.29, 1.82) is 0 Å². The Morgan fingerprint density at radius 2 is 1.82 bits per heavy atom. The van der Waals surface area contributed by atoms with E-state index in [2.05, 4.69) is 10.6 Å². The Kier molecular flexibility index (Phi) is 3.96. The summed E-state index contributed by atoms with van der Waals surface area (Å²) >= 11 is 0. The maximum absolute atomic E-state index is 13.0. The standard InChI is InChI=1S/C20H23N3O5/c24-17(21-9-14-11-27-15-3-1-2-4-16(15)28-14)10-23-18(25)20(12-5-6-12,13-7-8-13)22-19(23)26/h1-4,12-14H,5-11H2,(H,21,24)(H,22,26). The molecule has 0 aromatic heterocycles. The van der Waals surface area contributed by atoms with Crippen molar-refractivity contribution in [3.8, 4) is 11.5 Å². The Hall–Kier alpha value is -2.77. The van der Waals surface area contributed by atoms with E-state index in [1.807, 2.05) is 24.3 Å². The lowest BCUT2D eigenvalue weighted by atomic mass is 9.87. The van der Waals surface area contributed by atoms with Crippen molar-refractivity contribution in [2.45, 2.75) is 37.3 Å². The number of fused-ring (bicyclic) bond motifs is 1.